The van der Waals surface area contributed by atoms with Gasteiger partial charge in [-0.25, -0.2) is 9.78 Å². The highest BCUT2D eigenvalue weighted by Crippen LogP contribution is 2.42. The number of amides is 2. The van der Waals surface area contributed by atoms with Gasteiger partial charge in [0.05, 0.1) is 19.8 Å². The first-order valence-electron chi connectivity index (χ1n) is 13.9. The number of carbonyl (C=O) groups is 1. The van der Waals surface area contributed by atoms with E-state index in [4.69, 9.17) is 19.2 Å². The van der Waals surface area contributed by atoms with Crippen molar-refractivity contribution in [1.82, 2.24) is 24.7 Å². The van der Waals surface area contributed by atoms with Crippen LogP contribution in [0.5, 0.6) is 11.5 Å². The Morgan fingerprint density at radius 2 is 1.73 bits per heavy atom. The molecule has 4 rings (SSSR count). The molecule has 1 aromatic carbocycles. The number of ether oxygens (including phenoxy) is 3. The number of methoxy groups -OCH3 is 2. The van der Waals surface area contributed by atoms with Crippen molar-refractivity contribution in [3.05, 3.63) is 36.5 Å². The maximum Gasteiger partial charge on any atom is 0.320 e. The number of piperazine rings is 1. The second-order valence-corrected chi connectivity index (χ2v) is 17.1. The van der Waals surface area contributed by atoms with E-state index in [1.165, 1.54) is 0 Å². The van der Waals surface area contributed by atoms with Gasteiger partial charge in [0.25, 0.3) is 0 Å². The fourth-order valence-electron chi connectivity index (χ4n) is 4.75. The zero-order valence-electron chi connectivity index (χ0n) is 24.7. The summed E-state index contributed by atoms with van der Waals surface area (Å²) < 4.78 is 19.5. The summed E-state index contributed by atoms with van der Waals surface area (Å²) in [7, 11) is 4.23. The molecule has 0 bridgehead atoms. The number of nitrogens with zero attached hydrogens (tertiary/aromatic N) is 4. The third-order valence-corrected chi connectivity index (χ3v) is 8.90. The van der Waals surface area contributed by atoms with Gasteiger partial charge in [0, 0.05) is 71.1 Å². The Balaban J connectivity index is 1.54. The van der Waals surface area contributed by atoms with Crippen molar-refractivity contribution in [2.45, 2.75) is 32.4 Å². The first-order chi connectivity index (χ1) is 19.2. The first kappa shape index (κ1) is 29.8. The minimum Gasteiger partial charge on any atom is -0.496 e. The van der Waals surface area contributed by atoms with Gasteiger partial charge in [-0.2, -0.15) is 0 Å². The highest BCUT2D eigenvalue weighted by molar-refractivity contribution is 6.76. The maximum atomic E-state index is 12.7. The number of fused-ring (bicyclic) bond motifs is 1. The highest BCUT2D eigenvalue weighted by atomic mass is 28.3. The molecule has 0 spiro atoms. The predicted molar refractivity (Wildman–Crippen MR) is 163 cm³/mol. The van der Waals surface area contributed by atoms with Crippen LogP contribution in [0.4, 0.5) is 10.6 Å². The molecule has 1 aliphatic rings. The van der Waals surface area contributed by atoms with Crippen LogP contribution >= 0.6 is 0 Å². The molecule has 3 aromatic rings. The molecule has 1 aliphatic heterocycles. The van der Waals surface area contributed by atoms with E-state index in [9.17, 15) is 4.79 Å². The number of hydrogen-bond acceptors (Lipinski definition) is 7. The molecule has 2 N–H and O–H groups in total. The van der Waals surface area contributed by atoms with Crippen molar-refractivity contribution in [3.8, 4) is 22.6 Å². The van der Waals surface area contributed by atoms with Crippen LogP contribution < -0.4 is 20.1 Å². The van der Waals surface area contributed by atoms with Gasteiger partial charge in [-0.15, -0.1) is 0 Å². The third kappa shape index (κ3) is 7.75. The Kier molecular flexibility index (Phi) is 10.1. The Morgan fingerprint density at radius 1 is 1.02 bits per heavy atom. The Bertz CT molecular complexity index is 1260. The van der Waals surface area contributed by atoms with E-state index in [2.05, 4.69) is 47.1 Å². The number of urea groups is 1. The molecular formula is C29H44N6O4Si. The summed E-state index contributed by atoms with van der Waals surface area (Å²) in [6, 6.07) is 10.3. The number of carbonyl (C=O) groups excluding carboxylic acids is 1. The number of hydrogen-bond donors (Lipinski definition) is 2. The highest BCUT2D eigenvalue weighted by Gasteiger charge is 2.20. The summed E-state index contributed by atoms with van der Waals surface area (Å²) >= 11 is 0. The number of rotatable bonds is 12. The summed E-state index contributed by atoms with van der Waals surface area (Å²) in [6.07, 6.45) is 2.02. The van der Waals surface area contributed by atoms with Crippen molar-refractivity contribution in [2.75, 3.05) is 72.5 Å². The molecule has 11 heteroatoms. The molecule has 0 aliphatic carbocycles. The third-order valence-electron chi connectivity index (χ3n) is 7.20. The van der Waals surface area contributed by atoms with E-state index >= 15 is 0 Å². The molecular weight excluding hydrogens is 524 g/mol. The van der Waals surface area contributed by atoms with Gasteiger partial charge in [-0.05, 0) is 37.4 Å². The summed E-state index contributed by atoms with van der Waals surface area (Å²) in [5.74, 6) is 1.89. The van der Waals surface area contributed by atoms with Crippen LogP contribution in [-0.2, 0) is 11.5 Å². The van der Waals surface area contributed by atoms with Crippen molar-refractivity contribution in [2.24, 2.45) is 0 Å². The van der Waals surface area contributed by atoms with Gasteiger partial charge in [-0.3, -0.25) is 10.2 Å². The minimum absolute atomic E-state index is 0.267. The van der Waals surface area contributed by atoms with Crippen molar-refractivity contribution >= 4 is 31.0 Å². The summed E-state index contributed by atoms with van der Waals surface area (Å²) in [5, 5.41) is 6.78. The Hall–Kier alpha value is -3.12. The van der Waals surface area contributed by atoms with E-state index in [1.807, 2.05) is 41.1 Å². The molecule has 3 heterocycles. The second-order valence-electron chi connectivity index (χ2n) is 11.5. The molecule has 10 nitrogen and oxygen atoms in total. The number of pyridine rings is 1. The van der Waals surface area contributed by atoms with Crippen LogP contribution in [-0.4, -0.2) is 101 Å². The zero-order chi connectivity index (χ0) is 28.7. The lowest BCUT2D eigenvalue weighted by Crippen LogP contribution is -2.47. The van der Waals surface area contributed by atoms with Crippen LogP contribution in [0.3, 0.4) is 0 Å². The van der Waals surface area contributed by atoms with Crippen LogP contribution in [0.2, 0.25) is 25.7 Å². The van der Waals surface area contributed by atoms with E-state index < -0.39 is 8.07 Å². The fourth-order valence-corrected chi connectivity index (χ4v) is 5.51. The molecule has 0 radical (unpaired) electrons. The number of nitrogens with one attached hydrogen (secondary N) is 2. The van der Waals surface area contributed by atoms with Gasteiger partial charge in [0.1, 0.15) is 29.7 Å². The predicted octanol–water partition coefficient (Wildman–Crippen LogP) is 4.40. The number of aromatic nitrogens is 2. The lowest BCUT2D eigenvalue weighted by molar-refractivity contribution is 0.0899. The Morgan fingerprint density at radius 3 is 2.38 bits per heavy atom. The van der Waals surface area contributed by atoms with Crippen molar-refractivity contribution in [1.29, 1.82) is 0 Å². The van der Waals surface area contributed by atoms with E-state index in [1.54, 1.807) is 14.2 Å². The fraction of sp³-hybridized carbons (Fsp3) is 0.517. The Labute approximate surface area is 238 Å². The van der Waals surface area contributed by atoms with Crippen molar-refractivity contribution in [3.63, 3.8) is 0 Å². The average molecular weight is 569 g/mol. The van der Waals surface area contributed by atoms with Gasteiger partial charge in [-0.1, -0.05) is 25.7 Å². The number of likely N-dealkylation sites (N-methyl/N-ethyl adjacent to an activating group) is 1. The van der Waals surface area contributed by atoms with Gasteiger partial charge in [0.2, 0.25) is 0 Å². The molecule has 2 aromatic heterocycles. The van der Waals surface area contributed by atoms with Crippen LogP contribution in [0.1, 0.15) is 0 Å². The summed E-state index contributed by atoms with van der Waals surface area (Å²) in [6.45, 7) is 13.6. The van der Waals surface area contributed by atoms with Crippen molar-refractivity contribution < 1.29 is 19.0 Å². The molecule has 2 amide bonds. The second kappa shape index (κ2) is 13.5. The largest absolute Gasteiger partial charge is 0.496 e. The molecule has 0 saturated carbocycles. The minimum atomic E-state index is -1.22. The van der Waals surface area contributed by atoms with Gasteiger partial charge in [0.15, 0.2) is 0 Å². The van der Waals surface area contributed by atoms with Crippen LogP contribution in [0, 0.1) is 0 Å². The lowest BCUT2D eigenvalue weighted by atomic mass is 10.0. The van der Waals surface area contributed by atoms with Gasteiger partial charge < -0.3 is 29.0 Å². The lowest BCUT2D eigenvalue weighted by Gasteiger charge is -2.32. The molecule has 218 valence electrons. The van der Waals surface area contributed by atoms with Gasteiger partial charge >= 0.3 is 6.03 Å². The molecule has 0 unspecified atom stereocenters. The average Bonchev–Trinajstić information content (AvgIpc) is 3.28. The van der Waals surface area contributed by atoms with E-state index in [-0.39, 0.29) is 6.03 Å². The number of benzene rings is 1. The SMILES string of the molecule is COc1cccc(OC)c1-c1cn(COCC[Si](C)(C)C)c2nc(NC(=O)NCCN3CCN(C)CC3)ccc12. The summed E-state index contributed by atoms with van der Waals surface area (Å²) in [5.41, 5.74) is 2.49. The smallest absolute Gasteiger partial charge is 0.320 e. The maximum absolute atomic E-state index is 12.7. The molecule has 1 fully saturated rings. The van der Waals surface area contributed by atoms with Crippen LogP contribution in [0.15, 0.2) is 36.5 Å². The topological polar surface area (TPSA) is 93.1 Å². The van der Waals surface area contributed by atoms with Crippen LogP contribution in [0.25, 0.3) is 22.2 Å². The van der Waals surface area contributed by atoms with E-state index in [0.29, 0.717) is 42.8 Å². The quantitative estimate of drug-likeness (QED) is 0.247. The number of anilines is 1. The normalized spacial score (nSPS) is 14.8. The summed E-state index contributed by atoms with van der Waals surface area (Å²) in [4.78, 5) is 22.2. The van der Waals surface area contributed by atoms with E-state index in [0.717, 1.165) is 55.3 Å². The monoisotopic (exact) mass is 568 g/mol. The first-order valence-corrected chi connectivity index (χ1v) is 17.6. The molecule has 1 saturated heterocycles. The zero-order valence-corrected chi connectivity index (χ0v) is 25.7. The molecule has 40 heavy (non-hydrogen) atoms. The standard InChI is InChI=1S/C29H44N6O4Si/c1-33-14-16-34(17-15-33)13-12-30-29(36)32-26-11-10-22-23(27-24(37-2)8-7-9-25(27)38-3)20-35(28(22)31-26)21-39-18-19-40(4,5)6/h7-11,20H,12-19,21H2,1-6H3,(H2,30,31,32,36). The molecule has 0 atom stereocenters.